The van der Waals surface area contributed by atoms with Crippen molar-refractivity contribution < 1.29 is 8.42 Å². The Balaban J connectivity index is 0.000000509. The summed E-state index contributed by atoms with van der Waals surface area (Å²) in [5.74, 6) is 0. The first-order valence-corrected chi connectivity index (χ1v) is 12.5. The van der Waals surface area contributed by atoms with Crippen LogP contribution in [0.3, 0.4) is 0 Å². The van der Waals surface area contributed by atoms with Gasteiger partial charge in [-0.2, -0.15) is 0 Å². The van der Waals surface area contributed by atoms with Gasteiger partial charge in [-0.3, -0.25) is 8.42 Å². The van der Waals surface area contributed by atoms with Crippen molar-refractivity contribution >= 4 is 27.6 Å². The van der Waals surface area contributed by atoms with Crippen LogP contribution in [0.5, 0.6) is 0 Å². The van der Waals surface area contributed by atoms with E-state index in [1.54, 1.807) is 25.0 Å². The van der Waals surface area contributed by atoms with Crippen LogP contribution >= 0.6 is 0 Å². The molecule has 0 radical (unpaired) electrons. The van der Waals surface area contributed by atoms with E-state index in [-0.39, 0.29) is 0 Å². The van der Waals surface area contributed by atoms with Crippen LogP contribution in [0.15, 0.2) is 9.98 Å². The van der Waals surface area contributed by atoms with Crippen LogP contribution in [-0.2, 0) is 21.6 Å². The molecule has 2 aliphatic rings. The van der Waals surface area contributed by atoms with Crippen molar-refractivity contribution in [2.75, 3.05) is 25.0 Å². The molecule has 136 valence electrons. The minimum atomic E-state index is -0.611. The quantitative estimate of drug-likeness (QED) is 0.701. The lowest BCUT2D eigenvalue weighted by Gasteiger charge is -2.17. The molecule has 2 aliphatic carbocycles. The van der Waals surface area contributed by atoms with E-state index in [9.17, 15) is 8.42 Å². The molecule has 0 atom stereocenters. The Bertz CT molecular complexity index is 353. The molecule has 0 aromatic rings. The first kappa shape index (κ1) is 22.7. The summed E-state index contributed by atoms with van der Waals surface area (Å²) in [4.78, 5) is 8.92. The van der Waals surface area contributed by atoms with E-state index in [0.717, 1.165) is 0 Å². The van der Waals surface area contributed by atoms with E-state index in [1.165, 1.54) is 64.2 Å². The molecule has 0 amide bonds. The highest BCUT2D eigenvalue weighted by molar-refractivity contribution is 7.83. The SMILES string of the molecule is C(=NC1CCCCC1)=NC1CCCCC1.CS(C)=O.CS(C)=O. The molecule has 0 N–H and O–H groups in total. The smallest absolute Gasteiger partial charge is 0.0898 e. The van der Waals surface area contributed by atoms with Gasteiger partial charge >= 0.3 is 0 Å². The average molecular weight is 363 g/mol. The van der Waals surface area contributed by atoms with E-state index < -0.39 is 21.6 Å². The van der Waals surface area contributed by atoms with Gasteiger partial charge in [0.1, 0.15) is 0 Å². The second kappa shape index (κ2) is 15.2. The third-order valence-electron chi connectivity index (χ3n) is 3.63. The fourth-order valence-corrected chi connectivity index (χ4v) is 2.62. The molecule has 4 nitrogen and oxygen atoms in total. The summed E-state index contributed by atoms with van der Waals surface area (Å²) in [6.45, 7) is 0. The molecule has 0 unspecified atom stereocenters. The van der Waals surface area contributed by atoms with E-state index in [1.807, 2.05) is 0 Å². The molecule has 0 aromatic heterocycles. The maximum atomic E-state index is 9.56. The van der Waals surface area contributed by atoms with E-state index in [2.05, 4.69) is 16.0 Å². The predicted molar refractivity (Wildman–Crippen MR) is 104 cm³/mol. The fraction of sp³-hybridized carbons (Fsp3) is 0.941. The number of rotatable bonds is 2. The minimum absolute atomic E-state index is 0.533. The Morgan fingerprint density at radius 3 is 1.17 bits per heavy atom. The molecule has 0 aliphatic heterocycles. The molecular weight excluding hydrogens is 328 g/mol. The van der Waals surface area contributed by atoms with Crippen LogP contribution < -0.4 is 0 Å². The summed E-state index contributed by atoms with van der Waals surface area (Å²) < 4.78 is 19.1. The molecule has 0 bridgehead atoms. The summed E-state index contributed by atoms with van der Waals surface area (Å²) in [5.41, 5.74) is 0. The van der Waals surface area contributed by atoms with Crippen LogP contribution in [0.1, 0.15) is 64.2 Å². The summed E-state index contributed by atoms with van der Waals surface area (Å²) in [6.07, 6.45) is 19.8. The molecule has 23 heavy (non-hydrogen) atoms. The van der Waals surface area contributed by atoms with Crippen LogP contribution in [0.25, 0.3) is 0 Å². The van der Waals surface area contributed by atoms with Crippen molar-refractivity contribution in [1.29, 1.82) is 0 Å². The maximum absolute atomic E-state index is 9.56. The van der Waals surface area contributed by atoms with Crippen LogP contribution in [-0.4, -0.2) is 51.5 Å². The zero-order chi connectivity index (χ0) is 17.5. The van der Waals surface area contributed by atoms with Gasteiger partial charge in [-0.05, 0) is 25.7 Å². The summed E-state index contributed by atoms with van der Waals surface area (Å²) in [6, 6.07) is 4.04. The Hall–Kier alpha value is -0.320. The molecule has 0 saturated heterocycles. The predicted octanol–water partition coefficient (Wildman–Crippen LogP) is 3.82. The Labute approximate surface area is 147 Å². The standard InChI is InChI=1S/C13H22N2.2C2H6OS/c1-3-7-12(8-4-1)14-11-15-13-9-5-2-6-10-13;2*1-4(2)3/h12-13H,1-10H2;2*1-2H3. The fourth-order valence-electron chi connectivity index (χ4n) is 2.62. The van der Waals surface area contributed by atoms with Gasteiger partial charge < -0.3 is 0 Å². The number of hydrogen-bond acceptors (Lipinski definition) is 4. The van der Waals surface area contributed by atoms with E-state index >= 15 is 0 Å². The molecule has 6 heteroatoms. The third kappa shape index (κ3) is 17.9. The zero-order valence-corrected chi connectivity index (χ0v) is 16.9. The molecule has 2 saturated carbocycles. The summed E-state index contributed by atoms with van der Waals surface area (Å²) >= 11 is 0. The van der Waals surface area contributed by atoms with Crippen molar-refractivity contribution in [1.82, 2.24) is 0 Å². The van der Waals surface area contributed by atoms with Crippen molar-refractivity contribution in [2.24, 2.45) is 9.98 Å². The van der Waals surface area contributed by atoms with Gasteiger partial charge in [0.2, 0.25) is 0 Å². The largest absolute Gasteiger partial charge is 0.260 e. The molecule has 0 spiro atoms. The lowest BCUT2D eigenvalue weighted by molar-refractivity contribution is 0.438. The summed E-state index contributed by atoms with van der Waals surface area (Å²) in [7, 11) is -1.22. The number of aliphatic imine (C=N–C) groups is 2. The van der Waals surface area contributed by atoms with Crippen molar-refractivity contribution in [3.05, 3.63) is 0 Å². The topological polar surface area (TPSA) is 58.9 Å². The maximum Gasteiger partial charge on any atom is 0.0898 e. The molecule has 2 fully saturated rings. The Morgan fingerprint density at radius 2 is 0.913 bits per heavy atom. The Morgan fingerprint density at radius 1 is 0.652 bits per heavy atom. The van der Waals surface area contributed by atoms with E-state index in [4.69, 9.17) is 0 Å². The van der Waals surface area contributed by atoms with Gasteiger partial charge in [0, 0.05) is 46.6 Å². The highest BCUT2D eigenvalue weighted by Crippen LogP contribution is 2.21. The monoisotopic (exact) mass is 362 g/mol. The summed E-state index contributed by atoms with van der Waals surface area (Å²) in [5, 5.41) is 0. The molecule has 0 aromatic carbocycles. The lowest BCUT2D eigenvalue weighted by atomic mass is 9.96. The van der Waals surface area contributed by atoms with Crippen molar-refractivity contribution in [3.63, 3.8) is 0 Å². The lowest BCUT2D eigenvalue weighted by Crippen LogP contribution is -2.10. The molecular formula is C17H34N2O2S2. The third-order valence-corrected chi connectivity index (χ3v) is 3.63. The van der Waals surface area contributed by atoms with Gasteiger partial charge in [0.25, 0.3) is 0 Å². The number of hydrogen-bond donors (Lipinski definition) is 0. The van der Waals surface area contributed by atoms with Crippen LogP contribution in [0, 0.1) is 0 Å². The van der Waals surface area contributed by atoms with Crippen LogP contribution in [0.2, 0.25) is 0 Å². The first-order chi connectivity index (χ1) is 10.9. The van der Waals surface area contributed by atoms with E-state index in [0.29, 0.717) is 12.1 Å². The van der Waals surface area contributed by atoms with Gasteiger partial charge in [-0.15, -0.1) is 0 Å². The first-order valence-electron chi connectivity index (χ1n) is 8.56. The van der Waals surface area contributed by atoms with Gasteiger partial charge in [-0.1, -0.05) is 38.5 Å². The average Bonchev–Trinajstić information content (AvgIpc) is 2.48. The van der Waals surface area contributed by atoms with Crippen molar-refractivity contribution in [3.8, 4) is 0 Å². The van der Waals surface area contributed by atoms with Crippen molar-refractivity contribution in [2.45, 2.75) is 76.3 Å². The zero-order valence-electron chi connectivity index (χ0n) is 15.3. The Kier molecular flexibility index (Phi) is 15.0. The second-order valence-electron chi connectivity index (χ2n) is 6.43. The molecule has 2 rings (SSSR count). The minimum Gasteiger partial charge on any atom is -0.260 e. The van der Waals surface area contributed by atoms with Gasteiger partial charge in [0.05, 0.1) is 18.1 Å². The normalized spacial score (nSPS) is 19.0. The highest BCUT2D eigenvalue weighted by Gasteiger charge is 2.12. The van der Waals surface area contributed by atoms with Gasteiger partial charge in [0.15, 0.2) is 0 Å². The van der Waals surface area contributed by atoms with Crippen LogP contribution in [0.4, 0.5) is 0 Å². The second-order valence-corrected chi connectivity index (χ2v) is 9.39. The van der Waals surface area contributed by atoms with Gasteiger partial charge in [-0.25, -0.2) is 9.98 Å². The number of nitrogens with zero attached hydrogens (tertiary/aromatic N) is 2. The molecule has 0 heterocycles. The highest BCUT2D eigenvalue weighted by atomic mass is 32.2.